The number of hydrogen-bond donors (Lipinski definition) is 1. The maximum atomic E-state index is 4.49. The smallest absolute Gasteiger partial charge is 0.147 e. The summed E-state index contributed by atoms with van der Waals surface area (Å²) in [5.41, 5.74) is 3.52. The van der Waals surface area contributed by atoms with Crippen molar-refractivity contribution in [3.05, 3.63) is 53.5 Å². The van der Waals surface area contributed by atoms with E-state index < -0.39 is 0 Å². The Bertz CT molecular complexity index is 546. The average Bonchev–Trinajstić information content (AvgIpc) is 2.48. The van der Waals surface area contributed by atoms with Crippen molar-refractivity contribution in [3.63, 3.8) is 0 Å². The van der Waals surface area contributed by atoms with E-state index in [1.807, 2.05) is 19.4 Å². The van der Waals surface area contributed by atoms with Crippen LogP contribution in [0.4, 0.5) is 5.82 Å². The summed E-state index contributed by atoms with van der Waals surface area (Å²) in [6.07, 6.45) is 3.68. The molecule has 0 saturated heterocycles. The third kappa shape index (κ3) is 4.83. The van der Waals surface area contributed by atoms with Gasteiger partial charge in [-0.15, -0.1) is 0 Å². The van der Waals surface area contributed by atoms with E-state index in [9.17, 15) is 0 Å². The molecule has 112 valence electrons. The largest absolute Gasteiger partial charge is 0.354 e. The van der Waals surface area contributed by atoms with E-state index in [0.717, 1.165) is 24.6 Å². The Kier molecular flexibility index (Phi) is 5.28. The second-order valence-electron chi connectivity index (χ2n) is 5.74. The monoisotopic (exact) mass is 284 g/mol. The van der Waals surface area contributed by atoms with Crippen LogP contribution in [0.5, 0.6) is 0 Å². The van der Waals surface area contributed by atoms with Gasteiger partial charge in [-0.05, 0) is 12.5 Å². The van der Waals surface area contributed by atoms with Gasteiger partial charge in [0.25, 0.3) is 0 Å². The Labute approximate surface area is 127 Å². The molecular formula is C17H24N4. The first-order valence-corrected chi connectivity index (χ1v) is 7.35. The van der Waals surface area contributed by atoms with Crippen LogP contribution in [0.1, 0.15) is 30.7 Å². The van der Waals surface area contributed by atoms with Crippen LogP contribution >= 0.6 is 0 Å². The van der Waals surface area contributed by atoms with Gasteiger partial charge in [-0.2, -0.15) is 0 Å². The Morgan fingerprint density at radius 1 is 1.10 bits per heavy atom. The van der Waals surface area contributed by atoms with Crippen LogP contribution in [0.3, 0.4) is 0 Å². The highest BCUT2D eigenvalue weighted by Crippen LogP contribution is 2.12. The lowest BCUT2D eigenvalue weighted by atomic mass is 10.1. The molecule has 1 aromatic carbocycles. The molecular weight excluding hydrogens is 260 g/mol. The van der Waals surface area contributed by atoms with Gasteiger partial charge in [-0.3, -0.25) is 4.98 Å². The first-order chi connectivity index (χ1) is 10.0. The zero-order valence-corrected chi connectivity index (χ0v) is 13.3. The van der Waals surface area contributed by atoms with Gasteiger partial charge in [0.15, 0.2) is 0 Å². The van der Waals surface area contributed by atoms with Crippen molar-refractivity contribution >= 4 is 5.82 Å². The van der Waals surface area contributed by atoms with E-state index in [1.165, 1.54) is 11.1 Å². The maximum Gasteiger partial charge on any atom is 0.147 e. The van der Waals surface area contributed by atoms with E-state index in [4.69, 9.17) is 0 Å². The molecule has 0 radical (unpaired) electrons. The van der Waals surface area contributed by atoms with Gasteiger partial charge in [-0.1, -0.05) is 43.7 Å². The van der Waals surface area contributed by atoms with Crippen molar-refractivity contribution in [3.8, 4) is 0 Å². The summed E-state index contributed by atoms with van der Waals surface area (Å²) in [5.74, 6) is 0.892. The summed E-state index contributed by atoms with van der Waals surface area (Å²) in [5, 5.41) is 3.34. The van der Waals surface area contributed by atoms with E-state index in [-0.39, 0.29) is 0 Å². The molecule has 0 amide bonds. The molecule has 0 fully saturated rings. The van der Waals surface area contributed by atoms with Crippen LogP contribution in [-0.4, -0.2) is 23.1 Å². The molecule has 0 aliphatic heterocycles. The van der Waals surface area contributed by atoms with Crippen LogP contribution in [0, 0.1) is 6.92 Å². The molecule has 0 aliphatic rings. The van der Waals surface area contributed by atoms with E-state index in [1.54, 1.807) is 0 Å². The summed E-state index contributed by atoms with van der Waals surface area (Å²) < 4.78 is 0. The van der Waals surface area contributed by atoms with Crippen LogP contribution in [0.25, 0.3) is 0 Å². The second kappa shape index (κ2) is 7.18. The molecule has 0 bridgehead atoms. The second-order valence-corrected chi connectivity index (χ2v) is 5.74. The number of anilines is 1. The third-order valence-corrected chi connectivity index (χ3v) is 3.31. The molecule has 4 nitrogen and oxygen atoms in total. The number of aryl methyl sites for hydroxylation is 1. The van der Waals surface area contributed by atoms with Gasteiger partial charge < -0.3 is 10.2 Å². The highest BCUT2D eigenvalue weighted by molar-refractivity contribution is 5.36. The minimum absolute atomic E-state index is 0.454. The predicted molar refractivity (Wildman–Crippen MR) is 87.3 cm³/mol. The van der Waals surface area contributed by atoms with Crippen molar-refractivity contribution in [2.45, 2.75) is 39.9 Å². The minimum atomic E-state index is 0.454. The lowest BCUT2D eigenvalue weighted by Crippen LogP contribution is -2.23. The fraction of sp³-hybridized carbons (Fsp3) is 0.412. The highest BCUT2D eigenvalue weighted by atomic mass is 15.2. The Balaban J connectivity index is 1.96. The molecule has 0 unspecified atom stereocenters. The first kappa shape index (κ1) is 15.4. The molecule has 1 N–H and O–H groups in total. The molecule has 1 aromatic heterocycles. The first-order valence-electron chi connectivity index (χ1n) is 7.35. The van der Waals surface area contributed by atoms with E-state index in [0.29, 0.717) is 6.04 Å². The molecule has 0 saturated carbocycles. The SMILES string of the molecule is Cc1ccc(CN(C)c2cnc(CNC(C)C)cn2)cc1. The average molecular weight is 284 g/mol. The Morgan fingerprint density at radius 2 is 1.81 bits per heavy atom. The van der Waals surface area contributed by atoms with Crippen molar-refractivity contribution in [2.24, 2.45) is 0 Å². The number of hydrogen-bond acceptors (Lipinski definition) is 4. The van der Waals surface area contributed by atoms with Crippen LogP contribution < -0.4 is 10.2 Å². The lowest BCUT2D eigenvalue weighted by Gasteiger charge is -2.18. The fourth-order valence-corrected chi connectivity index (χ4v) is 1.99. The maximum absolute atomic E-state index is 4.49. The van der Waals surface area contributed by atoms with Gasteiger partial charge in [0.1, 0.15) is 5.82 Å². The molecule has 2 aromatic rings. The summed E-state index contributed by atoms with van der Waals surface area (Å²) in [6.45, 7) is 7.93. The minimum Gasteiger partial charge on any atom is -0.354 e. The van der Waals surface area contributed by atoms with Gasteiger partial charge in [0.05, 0.1) is 18.1 Å². The fourth-order valence-electron chi connectivity index (χ4n) is 1.99. The van der Waals surface area contributed by atoms with Crippen molar-refractivity contribution in [1.82, 2.24) is 15.3 Å². The zero-order valence-electron chi connectivity index (χ0n) is 13.3. The summed E-state index contributed by atoms with van der Waals surface area (Å²) >= 11 is 0. The number of benzene rings is 1. The van der Waals surface area contributed by atoms with Gasteiger partial charge in [-0.25, -0.2) is 4.98 Å². The molecule has 4 heteroatoms. The predicted octanol–water partition coefficient (Wildman–Crippen LogP) is 2.92. The Hall–Kier alpha value is -1.94. The van der Waals surface area contributed by atoms with Gasteiger partial charge in [0.2, 0.25) is 0 Å². The standard InChI is InChI=1S/C17H24N4/c1-13(2)18-9-16-10-20-17(11-19-16)21(4)12-15-7-5-14(3)6-8-15/h5-8,10-11,13,18H,9,12H2,1-4H3. The summed E-state index contributed by atoms with van der Waals surface area (Å²) in [6, 6.07) is 9.03. The van der Waals surface area contributed by atoms with Crippen molar-refractivity contribution in [2.75, 3.05) is 11.9 Å². The van der Waals surface area contributed by atoms with Gasteiger partial charge in [0, 0.05) is 26.2 Å². The van der Waals surface area contributed by atoms with Crippen LogP contribution in [-0.2, 0) is 13.1 Å². The topological polar surface area (TPSA) is 41.1 Å². The molecule has 0 atom stereocenters. The van der Waals surface area contributed by atoms with Crippen LogP contribution in [0.15, 0.2) is 36.7 Å². The van der Waals surface area contributed by atoms with Crippen molar-refractivity contribution < 1.29 is 0 Å². The lowest BCUT2D eigenvalue weighted by molar-refractivity contribution is 0.580. The van der Waals surface area contributed by atoms with Gasteiger partial charge >= 0.3 is 0 Å². The molecule has 0 spiro atoms. The van der Waals surface area contributed by atoms with E-state index >= 15 is 0 Å². The molecule has 0 aliphatic carbocycles. The normalized spacial score (nSPS) is 10.9. The summed E-state index contributed by atoms with van der Waals surface area (Å²) in [4.78, 5) is 11.1. The molecule has 21 heavy (non-hydrogen) atoms. The number of rotatable bonds is 6. The number of nitrogens with zero attached hydrogens (tertiary/aromatic N) is 3. The zero-order chi connectivity index (χ0) is 15.2. The molecule has 1 heterocycles. The quantitative estimate of drug-likeness (QED) is 0.885. The van der Waals surface area contributed by atoms with E-state index in [2.05, 4.69) is 65.2 Å². The highest BCUT2D eigenvalue weighted by Gasteiger charge is 2.05. The van der Waals surface area contributed by atoms with Crippen LogP contribution in [0.2, 0.25) is 0 Å². The number of nitrogens with one attached hydrogen (secondary N) is 1. The third-order valence-electron chi connectivity index (χ3n) is 3.31. The Morgan fingerprint density at radius 3 is 2.38 bits per heavy atom. The summed E-state index contributed by atoms with van der Waals surface area (Å²) in [7, 11) is 2.04. The van der Waals surface area contributed by atoms with Crippen molar-refractivity contribution in [1.29, 1.82) is 0 Å². The molecule has 2 rings (SSSR count). The number of aromatic nitrogens is 2.